The molecule has 0 aliphatic carbocycles. The second-order valence-corrected chi connectivity index (χ2v) is 5.87. The maximum absolute atomic E-state index is 5.83. The van der Waals surface area contributed by atoms with Crippen LogP contribution in [0.5, 0.6) is 0 Å². The highest BCUT2D eigenvalue weighted by Gasteiger charge is 2.19. The van der Waals surface area contributed by atoms with Gasteiger partial charge in [-0.05, 0) is 47.7 Å². The second-order valence-electron chi connectivity index (χ2n) is 5.87. The summed E-state index contributed by atoms with van der Waals surface area (Å²) in [6.45, 7) is 8.83. The van der Waals surface area contributed by atoms with Gasteiger partial charge >= 0.3 is 0 Å². The number of rotatable bonds is 0. The van der Waals surface area contributed by atoms with Crippen molar-refractivity contribution in [2.75, 3.05) is 0 Å². The van der Waals surface area contributed by atoms with Crippen molar-refractivity contribution >= 4 is 22.1 Å². The molecule has 0 spiro atoms. The Kier molecular flexibility index (Phi) is 2.24. The first-order valence-corrected chi connectivity index (χ1v) is 6.25. The minimum Gasteiger partial charge on any atom is -0.438 e. The maximum atomic E-state index is 5.83. The molecular weight excluding hydrogens is 222 g/mol. The molecule has 0 amide bonds. The zero-order valence-corrected chi connectivity index (χ0v) is 11.2. The molecule has 2 heterocycles. The van der Waals surface area contributed by atoms with Crippen LogP contribution in [0.25, 0.3) is 22.1 Å². The number of aryl methyl sites for hydroxylation is 1. The Hall–Kier alpha value is -1.83. The third kappa shape index (κ3) is 1.60. The van der Waals surface area contributed by atoms with Crippen LogP contribution in [0.2, 0.25) is 0 Å². The summed E-state index contributed by atoms with van der Waals surface area (Å²) in [6, 6.07) is 8.38. The molecule has 1 aromatic carbocycles. The van der Waals surface area contributed by atoms with Crippen LogP contribution in [-0.4, -0.2) is 4.98 Å². The van der Waals surface area contributed by atoms with E-state index < -0.39 is 0 Å². The Balaban J connectivity index is 2.40. The lowest BCUT2D eigenvalue weighted by molar-refractivity contribution is 0.583. The van der Waals surface area contributed by atoms with Gasteiger partial charge < -0.3 is 4.42 Å². The SMILES string of the molecule is Cc1cc2c(cc1C(C)(C)C)oc1ncccc12. The molecule has 0 aliphatic heterocycles. The first-order valence-electron chi connectivity index (χ1n) is 6.25. The zero-order valence-electron chi connectivity index (χ0n) is 11.2. The summed E-state index contributed by atoms with van der Waals surface area (Å²) in [5, 5.41) is 2.25. The highest BCUT2D eigenvalue weighted by Crippen LogP contribution is 2.34. The summed E-state index contributed by atoms with van der Waals surface area (Å²) in [5.74, 6) is 0. The quantitative estimate of drug-likeness (QED) is 0.573. The molecule has 92 valence electrons. The number of pyridine rings is 1. The summed E-state index contributed by atoms with van der Waals surface area (Å²) in [5.41, 5.74) is 4.41. The summed E-state index contributed by atoms with van der Waals surface area (Å²) >= 11 is 0. The topological polar surface area (TPSA) is 26.0 Å². The number of furan rings is 1. The molecule has 0 N–H and O–H groups in total. The van der Waals surface area contributed by atoms with Gasteiger partial charge in [0.15, 0.2) is 0 Å². The number of aromatic nitrogens is 1. The molecule has 3 aromatic rings. The monoisotopic (exact) mass is 239 g/mol. The van der Waals surface area contributed by atoms with Gasteiger partial charge in [-0.1, -0.05) is 20.8 Å². The van der Waals surface area contributed by atoms with E-state index >= 15 is 0 Å². The molecule has 0 aliphatic rings. The van der Waals surface area contributed by atoms with Gasteiger partial charge in [-0.15, -0.1) is 0 Å². The van der Waals surface area contributed by atoms with Crippen LogP contribution in [-0.2, 0) is 5.41 Å². The summed E-state index contributed by atoms with van der Waals surface area (Å²) in [6.07, 6.45) is 1.77. The van der Waals surface area contributed by atoms with Crippen molar-refractivity contribution in [1.29, 1.82) is 0 Å². The standard InChI is InChI=1S/C16H17NO/c1-10-8-12-11-6-5-7-17-15(11)18-14(12)9-13(10)16(2,3)4/h5-9H,1-4H3. The van der Waals surface area contributed by atoms with Gasteiger partial charge in [-0.3, -0.25) is 0 Å². The highest BCUT2D eigenvalue weighted by molar-refractivity contribution is 6.03. The molecule has 2 aromatic heterocycles. The molecule has 0 fully saturated rings. The highest BCUT2D eigenvalue weighted by atomic mass is 16.3. The lowest BCUT2D eigenvalue weighted by Gasteiger charge is -2.21. The number of nitrogens with zero attached hydrogens (tertiary/aromatic N) is 1. The molecule has 0 saturated carbocycles. The lowest BCUT2D eigenvalue weighted by Crippen LogP contribution is -2.12. The van der Waals surface area contributed by atoms with Gasteiger partial charge in [0.1, 0.15) is 5.58 Å². The van der Waals surface area contributed by atoms with Crippen molar-refractivity contribution in [3.8, 4) is 0 Å². The predicted molar refractivity (Wildman–Crippen MR) is 75.0 cm³/mol. The second kappa shape index (κ2) is 3.58. The molecule has 0 bridgehead atoms. The molecule has 0 saturated heterocycles. The Labute approximate surface area is 107 Å². The minimum absolute atomic E-state index is 0.130. The van der Waals surface area contributed by atoms with Crippen molar-refractivity contribution in [1.82, 2.24) is 4.98 Å². The summed E-state index contributed by atoms with van der Waals surface area (Å²) < 4.78 is 5.83. The predicted octanol–water partition coefficient (Wildman–Crippen LogP) is 4.59. The molecule has 0 atom stereocenters. The smallest absolute Gasteiger partial charge is 0.227 e. The van der Waals surface area contributed by atoms with E-state index in [0.29, 0.717) is 0 Å². The molecule has 3 rings (SSSR count). The largest absolute Gasteiger partial charge is 0.438 e. The fraction of sp³-hybridized carbons (Fsp3) is 0.312. The molecule has 2 nitrogen and oxygen atoms in total. The normalized spacial score (nSPS) is 12.4. The van der Waals surface area contributed by atoms with E-state index in [4.69, 9.17) is 4.42 Å². The van der Waals surface area contributed by atoms with E-state index in [-0.39, 0.29) is 5.41 Å². The van der Waals surface area contributed by atoms with Gasteiger partial charge in [0.05, 0.1) is 0 Å². The van der Waals surface area contributed by atoms with Crippen molar-refractivity contribution in [3.63, 3.8) is 0 Å². The van der Waals surface area contributed by atoms with Crippen molar-refractivity contribution < 1.29 is 4.42 Å². The van der Waals surface area contributed by atoms with Crippen LogP contribution in [0.1, 0.15) is 31.9 Å². The molecule has 0 unspecified atom stereocenters. The van der Waals surface area contributed by atoms with E-state index in [9.17, 15) is 0 Å². The third-order valence-corrected chi connectivity index (χ3v) is 3.40. The van der Waals surface area contributed by atoms with Gasteiger partial charge in [0.25, 0.3) is 0 Å². The van der Waals surface area contributed by atoms with Gasteiger partial charge in [-0.2, -0.15) is 0 Å². The first-order chi connectivity index (χ1) is 8.47. The van der Waals surface area contributed by atoms with Crippen LogP contribution in [0.4, 0.5) is 0 Å². The fourth-order valence-corrected chi connectivity index (χ4v) is 2.57. The van der Waals surface area contributed by atoms with E-state index in [1.165, 1.54) is 11.1 Å². The van der Waals surface area contributed by atoms with E-state index in [1.807, 2.05) is 6.07 Å². The van der Waals surface area contributed by atoms with Crippen molar-refractivity contribution in [2.45, 2.75) is 33.1 Å². The summed E-state index contributed by atoms with van der Waals surface area (Å²) in [4.78, 5) is 4.27. The molecule has 2 heteroatoms. The average molecular weight is 239 g/mol. The number of hydrogen-bond donors (Lipinski definition) is 0. The average Bonchev–Trinajstić information content (AvgIpc) is 2.65. The van der Waals surface area contributed by atoms with Crippen molar-refractivity contribution in [3.05, 3.63) is 41.6 Å². The maximum Gasteiger partial charge on any atom is 0.227 e. The first kappa shape index (κ1) is 11.3. The van der Waals surface area contributed by atoms with Gasteiger partial charge in [0.2, 0.25) is 5.71 Å². The Morgan fingerprint density at radius 2 is 1.89 bits per heavy atom. The van der Waals surface area contributed by atoms with Crippen LogP contribution in [0.3, 0.4) is 0 Å². The molecule has 18 heavy (non-hydrogen) atoms. The van der Waals surface area contributed by atoms with E-state index in [1.54, 1.807) is 6.20 Å². The van der Waals surface area contributed by atoms with Gasteiger partial charge in [0, 0.05) is 17.0 Å². The zero-order chi connectivity index (χ0) is 12.9. The van der Waals surface area contributed by atoms with Crippen molar-refractivity contribution in [2.24, 2.45) is 0 Å². The molecule has 0 radical (unpaired) electrons. The number of fused-ring (bicyclic) bond motifs is 3. The van der Waals surface area contributed by atoms with E-state index in [2.05, 4.69) is 50.9 Å². The van der Waals surface area contributed by atoms with Crippen LogP contribution < -0.4 is 0 Å². The fourth-order valence-electron chi connectivity index (χ4n) is 2.57. The Morgan fingerprint density at radius 1 is 1.11 bits per heavy atom. The van der Waals surface area contributed by atoms with Crippen LogP contribution in [0, 0.1) is 6.92 Å². The minimum atomic E-state index is 0.130. The summed E-state index contributed by atoms with van der Waals surface area (Å²) in [7, 11) is 0. The molecular formula is C16H17NO. The Bertz CT molecular complexity index is 732. The number of benzene rings is 1. The van der Waals surface area contributed by atoms with Gasteiger partial charge in [-0.25, -0.2) is 4.98 Å². The number of hydrogen-bond acceptors (Lipinski definition) is 2. The van der Waals surface area contributed by atoms with Crippen LogP contribution in [0.15, 0.2) is 34.9 Å². The third-order valence-electron chi connectivity index (χ3n) is 3.40. The lowest BCUT2D eigenvalue weighted by atomic mass is 9.83. The van der Waals surface area contributed by atoms with E-state index in [0.717, 1.165) is 22.1 Å². The Morgan fingerprint density at radius 3 is 2.61 bits per heavy atom. The van der Waals surface area contributed by atoms with Crippen LogP contribution >= 0.6 is 0 Å².